The maximum atomic E-state index is 13.7. The molecule has 0 radical (unpaired) electrons. The van der Waals surface area contributed by atoms with E-state index in [-0.39, 0.29) is 18.0 Å². The van der Waals surface area contributed by atoms with Crippen LogP contribution in [0.4, 0.5) is 4.39 Å². The van der Waals surface area contributed by atoms with Crippen LogP contribution < -0.4 is 4.74 Å². The molecule has 0 aromatic heterocycles. The Morgan fingerprint density at radius 3 is 2.53 bits per heavy atom. The van der Waals surface area contributed by atoms with Gasteiger partial charge in [-0.2, -0.15) is 0 Å². The normalized spacial score (nSPS) is 11.9. The summed E-state index contributed by atoms with van der Waals surface area (Å²) in [6.45, 7) is 4.30. The summed E-state index contributed by atoms with van der Waals surface area (Å²) >= 11 is 0. The minimum atomic E-state index is -0.369. The maximum absolute atomic E-state index is 13.7. The Labute approximate surface area is 102 Å². The molecule has 4 heteroatoms. The van der Waals surface area contributed by atoms with Gasteiger partial charge in [0.05, 0.1) is 13.7 Å². The minimum absolute atomic E-state index is 0.0290. The summed E-state index contributed by atoms with van der Waals surface area (Å²) in [6.07, 6.45) is 0. The van der Waals surface area contributed by atoms with E-state index in [1.807, 2.05) is 25.8 Å². The highest BCUT2D eigenvalue weighted by atomic mass is 19.1. The van der Waals surface area contributed by atoms with E-state index < -0.39 is 0 Å². The second-order valence-corrected chi connectivity index (χ2v) is 4.78. The van der Waals surface area contributed by atoms with E-state index in [2.05, 4.69) is 0 Å². The number of rotatable bonds is 5. The van der Waals surface area contributed by atoms with Gasteiger partial charge in [0, 0.05) is 23.7 Å². The molecule has 0 aliphatic rings. The first-order valence-corrected chi connectivity index (χ1v) is 5.55. The molecule has 0 bridgehead atoms. The SMILES string of the molecule is COc1ccc(CN(C)C(C)(C)CO)c(F)c1. The van der Waals surface area contributed by atoms with Crippen molar-refractivity contribution in [1.82, 2.24) is 4.90 Å². The van der Waals surface area contributed by atoms with Gasteiger partial charge in [-0.05, 0) is 27.0 Å². The van der Waals surface area contributed by atoms with E-state index in [1.54, 1.807) is 12.1 Å². The Morgan fingerprint density at radius 1 is 1.41 bits per heavy atom. The predicted molar refractivity (Wildman–Crippen MR) is 65.6 cm³/mol. The van der Waals surface area contributed by atoms with E-state index >= 15 is 0 Å². The molecule has 0 saturated heterocycles. The van der Waals surface area contributed by atoms with Gasteiger partial charge in [0.2, 0.25) is 0 Å². The maximum Gasteiger partial charge on any atom is 0.131 e. The average Bonchev–Trinajstić information content (AvgIpc) is 2.31. The standard InChI is InChI=1S/C13H20FNO2/c1-13(2,9-16)15(3)8-10-5-6-11(17-4)7-12(10)14/h5-7,16H,8-9H2,1-4H3. The second kappa shape index (κ2) is 5.47. The summed E-state index contributed by atoms with van der Waals surface area (Å²) in [7, 11) is 3.37. The average molecular weight is 241 g/mol. The molecular formula is C13H20FNO2. The highest BCUT2D eigenvalue weighted by Crippen LogP contribution is 2.20. The van der Waals surface area contributed by atoms with Crippen molar-refractivity contribution in [3.8, 4) is 5.75 Å². The summed E-state index contributed by atoms with van der Waals surface area (Å²) in [4.78, 5) is 1.91. The fourth-order valence-electron chi connectivity index (χ4n) is 1.37. The van der Waals surface area contributed by atoms with Gasteiger partial charge in [-0.25, -0.2) is 4.39 Å². The Balaban J connectivity index is 2.82. The molecular weight excluding hydrogens is 221 g/mol. The van der Waals surface area contributed by atoms with Crippen molar-refractivity contribution in [2.24, 2.45) is 0 Å². The van der Waals surface area contributed by atoms with E-state index in [0.29, 0.717) is 17.9 Å². The van der Waals surface area contributed by atoms with Crippen molar-refractivity contribution in [3.63, 3.8) is 0 Å². The van der Waals surface area contributed by atoms with Crippen LogP contribution in [0, 0.1) is 5.82 Å². The molecule has 0 heterocycles. The molecule has 1 N–H and O–H groups in total. The van der Waals surface area contributed by atoms with Crippen LogP contribution in [0.3, 0.4) is 0 Å². The highest BCUT2D eigenvalue weighted by molar-refractivity contribution is 5.28. The summed E-state index contributed by atoms with van der Waals surface area (Å²) < 4.78 is 18.7. The van der Waals surface area contributed by atoms with E-state index in [9.17, 15) is 9.50 Å². The summed E-state index contributed by atoms with van der Waals surface area (Å²) in [6, 6.07) is 4.81. The lowest BCUT2D eigenvalue weighted by Gasteiger charge is -2.33. The monoisotopic (exact) mass is 241 g/mol. The van der Waals surface area contributed by atoms with E-state index in [4.69, 9.17) is 4.74 Å². The zero-order valence-corrected chi connectivity index (χ0v) is 10.8. The highest BCUT2D eigenvalue weighted by Gasteiger charge is 2.23. The number of aliphatic hydroxyl groups excluding tert-OH is 1. The number of aliphatic hydroxyl groups is 1. The largest absolute Gasteiger partial charge is 0.497 e. The molecule has 0 unspecified atom stereocenters. The van der Waals surface area contributed by atoms with Crippen LogP contribution in [0.15, 0.2) is 18.2 Å². The molecule has 1 aromatic carbocycles. The number of hydrogen-bond donors (Lipinski definition) is 1. The predicted octanol–water partition coefficient (Wildman–Crippen LogP) is 2.04. The van der Waals surface area contributed by atoms with Gasteiger partial charge in [-0.1, -0.05) is 6.07 Å². The van der Waals surface area contributed by atoms with Crippen LogP contribution in [0.25, 0.3) is 0 Å². The zero-order valence-electron chi connectivity index (χ0n) is 10.8. The molecule has 0 amide bonds. The number of methoxy groups -OCH3 is 1. The topological polar surface area (TPSA) is 32.7 Å². The van der Waals surface area contributed by atoms with E-state index in [0.717, 1.165) is 0 Å². The molecule has 0 fully saturated rings. The van der Waals surface area contributed by atoms with Crippen LogP contribution in [-0.4, -0.2) is 36.3 Å². The van der Waals surface area contributed by atoms with Crippen LogP contribution in [-0.2, 0) is 6.54 Å². The Kier molecular flexibility index (Phi) is 4.48. The lowest BCUT2D eigenvalue weighted by Crippen LogP contribution is -2.43. The molecule has 1 aromatic rings. The Morgan fingerprint density at radius 2 is 2.06 bits per heavy atom. The second-order valence-electron chi connectivity index (χ2n) is 4.78. The lowest BCUT2D eigenvalue weighted by atomic mass is 10.0. The van der Waals surface area contributed by atoms with Gasteiger partial charge in [0.1, 0.15) is 11.6 Å². The van der Waals surface area contributed by atoms with Crippen molar-refractivity contribution in [2.75, 3.05) is 20.8 Å². The van der Waals surface area contributed by atoms with Crippen LogP contribution >= 0.6 is 0 Å². The van der Waals surface area contributed by atoms with Crippen molar-refractivity contribution in [1.29, 1.82) is 0 Å². The number of halogens is 1. The van der Waals surface area contributed by atoms with Gasteiger partial charge in [-0.15, -0.1) is 0 Å². The molecule has 3 nitrogen and oxygen atoms in total. The Bertz CT molecular complexity index is 380. The molecule has 1 rings (SSSR count). The van der Waals surface area contributed by atoms with Crippen molar-refractivity contribution in [3.05, 3.63) is 29.6 Å². The number of nitrogens with zero attached hydrogens (tertiary/aromatic N) is 1. The lowest BCUT2D eigenvalue weighted by molar-refractivity contribution is 0.0725. The molecule has 17 heavy (non-hydrogen) atoms. The first-order chi connectivity index (χ1) is 7.90. The third kappa shape index (κ3) is 3.41. The zero-order chi connectivity index (χ0) is 13.1. The van der Waals surface area contributed by atoms with Crippen molar-refractivity contribution in [2.45, 2.75) is 25.9 Å². The van der Waals surface area contributed by atoms with Gasteiger partial charge >= 0.3 is 0 Å². The molecule has 0 saturated carbocycles. The number of ether oxygens (including phenoxy) is 1. The fraction of sp³-hybridized carbons (Fsp3) is 0.538. The quantitative estimate of drug-likeness (QED) is 0.856. The summed E-state index contributed by atoms with van der Waals surface area (Å²) in [5.74, 6) is 0.222. The van der Waals surface area contributed by atoms with Crippen molar-refractivity contribution >= 4 is 0 Å². The molecule has 0 atom stereocenters. The van der Waals surface area contributed by atoms with Crippen molar-refractivity contribution < 1.29 is 14.2 Å². The minimum Gasteiger partial charge on any atom is -0.497 e. The molecule has 96 valence electrons. The van der Waals surface area contributed by atoms with Gasteiger partial charge in [0.15, 0.2) is 0 Å². The van der Waals surface area contributed by atoms with E-state index in [1.165, 1.54) is 13.2 Å². The fourth-order valence-corrected chi connectivity index (χ4v) is 1.37. The van der Waals surface area contributed by atoms with Crippen LogP contribution in [0.5, 0.6) is 5.75 Å². The van der Waals surface area contributed by atoms with Gasteiger partial charge < -0.3 is 9.84 Å². The Hall–Kier alpha value is -1.13. The number of hydrogen-bond acceptors (Lipinski definition) is 3. The third-order valence-corrected chi connectivity index (χ3v) is 3.09. The van der Waals surface area contributed by atoms with Gasteiger partial charge in [-0.3, -0.25) is 4.90 Å². The smallest absolute Gasteiger partial charge is 0.131 e. The van der Waals surface area contributed by atoms with Gasteiger partial charge in [0.25, 0.3) is 0 Å². The number of likely N-dealkylation sites (N-methyl/N-ethyl adjacent to an activating group) is 1. The first-order valence-electron chi connectivity index (χ1n) is 5.55. The molecule has 0 spiro atoms. The summed E-state index contributed by atoms with van der Waals surface area (Å²) in [5.41, 5.74) is 0.224. The van der Waals surface area contributed by atoms with Crippen LogP contribution in [0.2, 0.25) is 0 Å². The molecule has 0 aliphatic carbocycles. The molecule has 0 aliphatic heterocycles. The summed E-state index contributed by atoms with van der Waals surface area (Å²) in [5, 5.41) is 9.24. The van der Waals surface area contributed by atoms with Crippen LogP contribution in [0.1, 0.15) is 19.4 Å². The number of benzene rings is 1. The third-order valence-electron chi connectivity index (χ3n) is 3.09. The first kappa shape index (κ1) is 13.9.